The number of tetrazole rings is 1. The van der Waals surface area contributed by atoms with Gasteiger partial charge >= 0.3 is 0 Å². The number of hydrogen-bond donors (Lipinski definition) is 3. The molecule has 12 nitrogen and oxygen atoms in total. The number of aliphatic hydroxyl groups is 1. The van der Waals surface area contributed by atoms with E-state index in [1.807, 2.05) is 116 Å². The monoisotopic (exact) mass is 790 g/mol. The maximum absolute atomic E-state index is 13.6. The molecule has 2 heterocycles. The second-order valence-electron chi connectivity index (χ2n) is 13.5. The molecule has 6 aromatic rings. The Morgan fingerprint density at radius 1 is 0.839 bits per heavy atom. The first kappa shape index (κ1) is 39.0. The summed E-state index contributed by atoms with van der Waals surface area (Å²) in [6, 6.07) is 39.8. The van der Waals surface area contributed by atoms with Crippen molar-refractivity contribution in [1.82, 2.24) is 30.2 Å². The molecule has 7 rings (SSSR count). The van der Waals surface area contributed by atoms with E-state index in [0.717, 1.165) is 39.1 Å². The molecule has 1 aliphatic heterocycles. The molecule has 3 N–H and O–H groups in total. The van der Waals surface area contributed by atoms with Crippen molar-refractivity contribution in [2.45, 2.75) is 67.5 Å². The van der Waals surface area contributed by atoms with Gasteiger partial charge in [-0.25, -0.2) is 8.42 Å². The van der Waals surface area contributed by atoms with Gasteiger partial charge in [0.25, 0.3) is 0 Å². The van der Waals surface area contributed by atoms with Gasteiger partial charge < -0.3 is 19.9 Å². The Kier molecular flexibility index (Phi) is 12.7. The average Bonchev–Trinajstić information content (AvgIpc) is 3.71. The third-order valence-electron chi connectivity index (χ3n) is 9.40. The average molecular weight is 791 g/mol. The molecule has 0 saturated carbocycles. The van der Waals surface area contributed by atoms with Crippen LogP contribution in [0.25, 0.3) is 5.69 Å². The predicted octanol–water partition coefficient (Wildman–Crippen LogP) is 6.01. The van der Waals surface area contributed by atoms with E-state index in [-0.39, 0.29) is 36.7 Å². The number of para-hydroxylation sites is 1. The van der Waals surface area contributed by atoms with Crippen LogP contribution in [-0.2, 0) is 43.9 Å². The number of amides is 1. The van der Waals surface area contributed by atoms with E-state index in [1.165, 1.54) is 23.9 Å². The summed E-state index contributed by atoms with van der Waals surface area (Å²) in [6.45, 7) is 2.01. The molecule has 0 aliphatic carbocycles. The number of rotatable bonds is 15. The van der Waals surface area contributed by atoms with Crippen molar-refractivity contribution in [2.24, 2.45) is 0 Å². The third kappa shape index (κ3) is 9.95. The van der Waals surface area contributed by atoms with Crippen LogP contribution >= 0.6 is 11.8 Å². The number of nitrogens with zero attached hydrogens (tertiary/aromatic N) is 4. The molecule has 4 atom stereocenters. The lowest BCUT2D eigenvalue weighted by Gasteiger charge is -2.36. The molecule has 0 spiro atoms. The molecule has 0 unspecified atom stereocenters. The van der Waals surface area contributed by atoms with Crippen LogP contribution < -0.4 is 10.0 Å². The lowest BCUT2D eigenvalue weighted by molar-refractivity contribution is -0.245. The quantitative estimate of drug-likeness (QED) is 0.105. The second-order valence-corrected chi connectivity index (χ2v) is 16.2. The Morgan fingerprint density at radius 3 is 2.20 bits per heavy atom. The van der Waals surface area contributed by atoms with Crippen molar-refractivity contribution in [3.05, 3.63) is 167 Å². The van der Waals surface area contributed by atoms with E-state index in [0.29, 0.717) is 17.3 Å². The summed E-state index contributed by atoms with van der Waals surface area (Å²) < 4.78 is 44.0. The SMILES string of the molecule is Cc1ccc(S(=O)(=O)N[C@H](Cc2ccccc2)C(=O)NCc2ccc([C@H]3O[C@@H](CSc4nnnn4-c4ccccc4)C[C@@H](c4ccc(CO)cc4)O3)cc2)cc1. The van der Waals surface area contributed by atoms with Crippen LogP contribution in [0.1, 0.15) is 52.2 Å². The maximum atomic E-state index is 13.6. The summed E-state index contributed by atoms with van der Waals surface area (Å²) in [4.78, 5) is 13.7. The standard InChI is InChI=1S/C42H42N6O6S2/c1-29-12-22-37(23-13-29)56(51,52)45-38(24-30-8-4-2-5-9-30)40(50)43-26-31-14-20-34(21-15-31)41-53-36(25-39(54-41)33-18-16-32(27-49)17-19-33)28-55-42-44-46-47-48(42)35-10-6-3-7-11-35/h2-23,36,38-39,41,45,49H,24-28H2,1H3,(H,43,50)/t36-,38-,39+,41+/m1/s1. The zero-order valence-corrected chi connectivity index (χ0v) is 32.3. The topological polar surface area (TPSA) is 158 Å². The predicted molar refractivity (Wildman–Crippen MR) is 212 cm³/mol. The molecule has 0 bridgehead atoms. The molecule has 1 aromatic heterocycles. The highest BCUT2D eigenvalue weighted by Crippen LogP contribution is 2.39. The lowest BCUT2D eigenvalue weighted by Crippen LogP contribution is -2.47. The van der Waals surface area contributed by atoms with Crippen LogP contribution in [0, 0.1) is 6.92 Å². The van der Waals surface area contributed by atoms with E-state index in [1.54, 1.807) is 16.8 Å². The molecule has 5 aromatic carbocycles. The number of hydrogen-bond acceptors (Lipinski definition) is 10. The highest BCUT2D eigenvalue weighted by molar-refractivity contribution is 7.99. The Hall–Kier alpha value is -5.22. The van der Waals surface area contributed by atoms with E-state index in [9.17, 15) is 18.3 Å². The Labute approximate surface area is 330 Å². The number of aliphatic hydroxyl groups excluding tert-OH is 1. The van der Waals surface area contributed by atoms with Crippen LogP contribution in [-0.4, -0.2) is 57.5 Å². The van der Waals surface area contributed by atoms with Gasteiger partial charge in [-0.3, -0.25) is 4.79 Å². The van der Waals surface area contributed by atoms with Crippen LogP contribution in [0.4, 0.5) is 0 Å². The first-order chi connectivity index (χ1) is 27.2. The smallest absolute Gasteiger partial charge is 0.241 e. The number of ether oxygens (including phenoxy) is 2. The van der Waals surface area contributed by atoms with Crippen molar-refractivity contribution >= 4 is 27.7 Å². The van der Waals surface area contributed by atoms with Crippen molar-refractivity contribution in [2.75, 3.05) is 5.75 Å². The van der Waals surface area contributed by atoms with E-state index < -0.39 is 28.3 Å². The van der Waals surface area contributed by atoms with Gasteiger partial charge in [-0.05, 0) is 70.3 Å². The molecule has 288 valence electrons. The van der Waals surface area contributed by atoms with Gasteiger partial charge in [0.1, 0.15) is 6.04 Å². The summed E-state index contributed by atoms with van der Waals surface area (Å²) in [5.74, 6) is 0.126. The summed E-state index contributed by atoms with van der Waals surface area (Å²) in [5.41, 5.74) is 6.02. The van der Waals surface area contributed by atoms with Gasteiger partial charge in [-0.1, -0.05) is 127 Å². The number of benzene rings is 5. The number of aryl methyl sites for hydroxylation is 1. The van der Waals surface area contributed by atoms with Crippen LogP contribution in [0.5, 0.6) is 0 Å². The fourth-order valence-electron chi connectivity index (χ4n) is 6.31. The van der Waals surface area contributed by atoms with Crippen LogP contribution in [0.2, 0.25) is 0 Å². The maximum Gasteiger partial charge on any atom is 0.241 e. The van der Waals surface area contributed by atoms with Gasteiger partial charge in [0, 0.05) is 24.3 Å². The molecular formula is C42H42N6O6S2. The van der Waals surface area contributed by atoms with Gasteiger partial charge in [0.15, 0.2) is 6.29 Å². The molecule has 0 radical (unpaired) electrons. The molecule has 1 fully saturated rings. The number of carbonyl (C=O) groups is 1. The summed E-state index contributed by atoms with van der Waals surface area (Å²) in [6.07, 6.45) is -0.404. The minimum atomic E-state index is -3.97. The summed E-state index contributed by atoms with van der Waals surface area (Å²) >= 11 is 1.50. The fraction of sp³-hybridized carbons (Fsp3) is 0.238. The molecule has 14 heteroatoms. The highest BCUT2D eigenvalue weighted by Gasteiger charge is 2.33. The van der Waals surface area contributed by atoms with Gasteiger partial charge in [0.05, 0.1) is 29.4 Å². The van der Waals surface area contributed by atoms with Crippen molar-refractivity contribution in [1.29, 1.82) is 0 Å². The number of aromatic nitrogens is 4. The lowest BCUT2D eigenvalue weighted by atomic mass is 10.0. The first-order valence-electron chi connectivity index (χ1n) is 18.2. The van der Waals surface area contributed by atoms with Crippen molar-refractivity contribution < 1.29 is 27.8 Å². The number of thioether (sulfide) groups is 1. The molecule has 1 amide bonds. The summed E-state index contributed by atoms with van der Waals surface area (Å²) in [5, 5.41) is 25.5. The normalized spacial score (nSPS) is 17.6. The molecule has 1 saturated heterocycles. The van der Waals surface area contributed by atoms with Crippen molar-refractivity contribution in [3.8, 4) is 5.69 Å². The van der Waals surface area contributed by atoms with Gasteiger partial charge in [-0.15, -0.1) is 5.10 Å². The first-order valence-corrected chi connectivity index (χ1v) is 20.7. The van der Waals surface area contributed by atoms with Gasteiger partial charge in [-0.2, -0.15) is 9.40 Å². The number of carbonyl (C=O) groups excluding carboxylic acids is 1. The largest absolute Gasteiger partial charge is 0.392 e. The van der Waals surface area contributed by atoms with Crippen LogP contribution in [0.3, 0.4) is 0 Å². The Bertz CT molecular complexity index is 2290. The fourth-order valence-corrected chi connectivity index (χ4v) is 8.41. The van der Waals surface area contributed by atoms with E-state index in [4.69, 9.17) is 9.47 Å². The zero-order valence-electron chi connectivity index (χ0n) is 30.6. The van der Waals surface area contributed by atoms with Crippen LogP contribution in [0.15, 0.2) is 144 Å². The molecule has 1 aliphatic rings. The zero-order chi connectivity index (χ0) is 38.9. The highest BCUT2D eigenvalue weighted by atomic mass is 32.2. The Morgan fingerprint density at radius 2 is 1.50 bits per heavy atom. The summed E-state index contributed by atoms with van der Waals surface area (Å²) in [7, 11) is -3.97. The number of nitrogens with one attached hydrogen (secondary N) is 2. The van der Waals surface area contributed by atoms with E-state index in [2.05, 4.69) is 25.6 Å². The Balaban J connectivity index is 1.03. The minimum absolute atomic E-state index is 0.0452. The number of sulfonamides is 1. The second kappa shape index (κ2) is 18.2. The third-order valence-corrected chi connectivity index (χ3v) is 11.9. The minimum Gasteiger partial charge on any atom is -0.392 e. The molecular weight excluding hydrogens is 749 g/mol. The molecule has 56 heavy (non-hydrogen) atoms. The van der Waals surface area contributed by atoms with Gasteiger partial charge in [0.2, 0.25) is 21.1 Å². The van der Waals surface area contributed by atoms with E-state index >= 15 is 0 Å². The van der Waals surface area contributed by atoms with Crippen molar-refractivity contribution in [3.63, 3.8) is 0 Å².